The summed E-state index contributed by atoms with van der Waals surface area (Å²) in [6.45, 7) is 0.704. The molecule has 0 unspecified atom stereocenters. The maximum atomic E-state index is 12.5. The molecule has 6 rings (SSSR count). The summed E-state index contributed by atoms with van der Waals surface area (Å²) in [5.74, 6) is 1.72. The van der Waals surface area contributed by atoms with Crippen LogP contribution in [0.5, 0.6) is 5.88 Å². The van der Waals surface area contributed by atoms with E-state index in [4.69, 9.17) is 4.74 Å². The van der Waals surface area contributed by atoms with E-state index in [9.17, 15) is 10.1 Å². The van der Waals surface area contributed by atoms with E-state index in [1.165, 1.54) is 12.8 Å². The molecule has 0 amide bonds. The largest absolute Gasteiger partial charge is 0.477 e. The first kappa shape index (κ1) is 21.4. The molecule has 4 aromatic rings. The van der Waals surface area contributed by atoms with Gasteiger partial charge >= 0.3 is 0 Å². The molecule has 0 N–H and O–H groups in total. The van der Waals surface area contributed by atoms with E-state index < -0.39 is 0 Å². The van der Waals surface area contributed by atoms with Gasteiger partial charge in [-0.1, -0.05) is 12.1 Å². The van der Waals surface area contributed by atoms with E-state index in [2.05, 4.69) is 16.2 Å². The van der Waals surface area contributed by atoms with Gasteiger partial charge in [-0.2, -0.15) is 10.4 Å². The van der Waals surface area contributed by atoms with Gasteiger partial charge in [-0.05, 0) is 60.8 Å². The van der Waals surface area contributed by atoms with Gasteiger partial charge in [-0.15, -0.1) is 0 Å². The standard InChI is InChI=1S/C28H25N5O2/c1-32-16-25(23(11-28(32)34)20-9-10-27(30-13-20)35-17-18-5-6-18)21-14-31-33(15-21)26-4-2-3-22(19-7-8-19)24(26)12-29/h2-4,9-11,13-16,18-19H,5-8,17H2,1H3. The van der Waals surface area contributed by atoms with E-state index in [1.807, 2.05) is 42.7 Å². The number of benzene rings is 1. The minimum absolute atomic E-state index is 0.103. The molecule has 2 saturated carbocycles. The van der Waals surface area contributed by atoms with Gasteiger partial charge in [0.25, 0.3) is 5.56 Å². The molecule has 0 radical (unpaired) electrons. The maximum absolute atomic E-state index is 12.5. The number of rotatable bonds is 7. The van der Waals surface area contributed by atoms with E-state index in [0.29, 0.717) is 29.9 Å². The second-order valence-corrected chi connectivity index (χ2v) is 9.49. The monoisotopic (exact) mass is 463 g/mol. The van der Waals surface area contributed by atoms with Gasteiger partial charge in [0.1, 0.15) is 6.07 Å². The third-order valence-corrected chi connectivity index (χ3v) is 6.78. The van der Waals surface area contributed by atoms with E-state index in [0.717, 1.165) is 46.3 Å². The highest BCUT2D eigenvalue weighted by molar-refractivity contribution is 5.82. The smallest absolute Gasteiger partial charge is 0.250 e. The minimum Gasteiger partial charge on any atom is -0.477 e. The molecule has 2 fully saturated rings. The quantitative estimate of drug-likeness (QED) is 0.392. The van der Waals surface area contributed by atoms with Crippen molar-refractivity contribution in [3.05, 3.63) is 82.7 Å². The summed E-state index contributed by atoms with van der Waals surface area (Å²) in [4.78, 5) is 17.0. The summed E-state index contributed by atoms with van der Waals surface area (Å²) in [6, 6.07) is 13.8. The summed E-state index contributed by atoms with van der Waals surface area (Å²) in [6.07, 6.45) is 12.0. The fourth-order valence-corrected chi connectivity index (χ4v) is 4.41. The van der Waals surface area contributed by atoms with Crippen LogP contribution in [0.15, 0.2) is 66.0 Å². The van der Waals surface area contributed by atoms with E-state index in [-0.39, 0.29) is 5.56 Å². The third-order valence-electron chi connectivity index (χ3n) is 6.78. The number of nitriles is 1. The number of pyridine rings is 2. The second kappa shape index (κ2) is 8.55. The van der Waals surface area contributed by atoms with Crippen molar-refractivity contribution in [2.24, 2.45) is 13.0 Å². The van der Waals surface area contributed by atoms with Crippen LogP contribution >= 0.6 is 0 Å². The van der Waals surface area contributed by atoms with E-state index >= 15 is 0 Å². The fourth-order valence-electron chi connectivity index (χ4n) is 4.41. The van der Waals surface area contributed by atoms with Crippen LogP contribution in [0.1, 0.15) is 42.7 Å². The van der Waals surface area contributed by atoms with Crippen molar-refractivity contribution in [2.75, 3.05) is 6.61 Å². The molecule has 0 saturated heterocycles. The van der Waals surface area contributed by atoms with Crippen LogP contribution in [0.3, 0.4) is 0 Å². The number of nitrogens with zero attached hydrogens (tertiary/aromatic N) is 5. The first-order valence-corrected chi connectivity index (χ1v) is 12.0. The minimum atomic E-state index is -0.103. The fraction of sp³-hybridized carbons (Fsp3) is 0.286. The summed E-state index contributed by atoms with van der Waals surface area (Å²) in [7, 11) is 1.74. The molecule has 0 spiro atoms. The SMILES string of the molecule is Cn1cc(-c2cnn(-c3cccc(C4CC4)c3C#N)c2)c(-c2ccc(OCC3CC3)nc2)cc1=O. The van der Waals surface area contributed by atoms with Crippen LogP contribution in [0.2, 0.25) is 0 Å². The summed E-state index contributed by atoms with van der Waals surface area (Å²) in [5.41, 5.74) is 5.77. The van der Waals surface area contributed by atoms with Crippen molar-refractivity contribution >= 4 is 0 Å². The third kappa shape index (κ3) is 4.24. The summed E-state index contributed by atoms with van der Waals surface area (Å²) in [5, 5.41) is 14.5. The first-order valence-electron chi connectivity index (χ1n) is 12.0. The summed E-state index contributed by atoms with van der Waals surface area (Å²) >= 11 is 0. The molecule has 2 aliphatic carbocycles. The van der Waals surface area contributed by atoms with Crippen LogP contribution in [0.4, 0.5) is 0 Å². The zero-order chi connectivity index (χ0) is 23.9. The molecule has 0 aliphatic heterocycles. The molecular weight excluding hydrogens is 438 g/mol. The lowest BCUT2D eigenvalue weighted by atomic mass is 9.99. The van der Waals surface area contributed by atoms with Crippen LogP contribution in [0.25, 0.3) is 27.9 Å². The number of ether oxygens (including phenoxy) is 1. The zero-order valence-electron chi connectivity index (χ0n) is 19.5. The lowest BCUT2D eigenvalue weighted by Gasteiger charge is -2.11. The average molecular weight is 464 g/mol. The highest BCUT2D eigenvalue weighted by Gasteiger charge is 2.27. The molecule has 3 heterocycles. The van der Waals surface area contributed by atoms with Gasteiger partial charge in [0.2, 0.25) is 5.88 Å². The number of hydrogen-bond acceptors (Lipinski definition) is 5. The maximum Gasteiger partial charge on any atom is 0.250 e. The summed E-state index contributed by atoms with van der Waals surface area (Å²) < 4.78 is 9.08. The van der Waals surface area contributed by atoms with Crippen LogP contribution in [-0.4, -0.2) is 25.9 Å². The lowest BCUT2D eigenvalue weighted by molar-refractivity contribution is 0.288. The Bertz CT molecular complexity index is 1500. The van der Waals surface area contributed by atoms with Gasteiger partial charge in [0, 0.05) is 54.5 Å². The average Bonchev–Trinajstić information content (AvgIpc) is 3.82. The van der Waals surface area contributed by atoms with Crippen molar-refractivity contribution < 1.29 is 4.74 Å². The molecule has 7 nitrogen and oxygen atoms in total. The number of hydrogen-bond donors (Lipinski definition) is 0. The molecular formula is C28H25N5O2. The Hall–Kier alpha value is -4.18. The molecule has 35 heavy (non-hydrogen) atoms. The number of aryl methyl sites for hydroxylation is 1. The predicted molar refractivity (Wildman–Crippen MR) is 132 cm³/mol. The first-order chi connectivity index (χ1) is 17.1. The topological polar surface area (TPSA) is 85.7 Å². The van der Waals surface area contributed by atoms with Crippen molar-refractivity contribution in [3.63, 3.8) is 0 Å². The molecule has 3 aromatic heterocycles. The zero-order valence-corrected chi connectivity index (χ0v) is 19.5. The van der Waals surface area contributed by atoms with E-state index in [1.54, 1.807) is 34.8 Å². The normalized spacial score (nSPS) is 15.1. The molecule has 2 aliphatic rings. The predicted octanol–water partition coefficient (Wildman–Crippen LogP) is 4.84. The molecule has 174 valence electrons. The second-order valence-electron chi connectivity index (χ2n) is 9.49. The molecule has 1 aromatic carbocycles. The molecule has 7 heteroatoms. The van der Waals surface area contributed by atoms with Gasteiger partial charge in [-0.3, -0.25) is 4.79 Å². The van der Waals surface area contributed by atoms with Gasteiger partial charge in [0.05, 0.1) is 24.1 Å². The Morgan fingerprint density at radius 1 is 1.06 bits per heavy atom. The number of aromatic nitrogens is 4. The highest BCUT2D eigenvalue weighted by atomic mass is 16.5. The van der Waals surface area contributed by atoms with Crippen LogP contribution in [-0.2, 0) is 7.05 Å². The van der Waals surface area contributed by atoms with Crippen molar-refractivity contribution in [1.29, 1.82) is 5.26 Å². The highest BCUT2D eigenvalue weighted by Crippen LogP contribution is 2.42. The Morgan fingerprint density at radius 2 is 1.91 bits per heavy atom. The lowest BCUT2D eigenvalue weighted by Crippen LogP contribution is -2.15. The van der Waals surface area contributed by atoms with Crippen molar-refractivity contribution in [2.45, 2.75) is 31.6 Å². The molecule has 0 bridgehead atoms. The Balaban J connectivity index is 1.37. The van der Waals surface area contributed by atoms with Gasteiger partial charge < -0.3 is 9.30 Å². The van der Waals surface area contributed by atoms with Gasteiger partial charge in [0.15, 0.2) is 0 Å². The molecule has 0 atom stereocenters. The van der Waals surface area contributed by atoms with Crippen molar-refractivity contribution in [3.8, 4) is 39.9 Å². The van der Waals surface area contributed by atoms with Crippen LogP contribution < -0.4 is 10.3 Å². The Kier molecular flexibility index (Phi) is 5.22. The Morgan fingerprint density at radius 3 is 2.63 bits per heavy atom. The van der Waals surface area contributed by atoms with Gasteiger partial charge in [-0.25, -0.2) is 9.67 Å². The van der Waals surface area contributed by atoms with Crippen LogP contribution in [0, 0.1) is 17.2 Å². The Labute approximate surface area is 203 Å². The van der Waals surface area contributed by atoms with Crippen molar-refractivity contribution in [1.82, 2.24) is 19.3 Å².